The summed E-state index contributed by atoms with van der Waals surface area (Å²) in [5, 5.41) is 0. The first-order valence-electron chi connectivity index (χ1n) is 4.10. The minimum absolute atomic E-state index is 0.311. The van der Waals surface area contributed by atoms with E-state index in [0.29, 0.717) is 11.1 Å². The van der Waals surface area contributed by atoms with Crippen molar-refractivity contribution in [1.29, 1.82) is 0 Å². The standard InChI is InChI=1S/C11H7FO2/c12-10-3-1-2-8(6-10)9-4-5-11(13)14-7-9/h1-7H. The quantitative estimate of drug-likeness (QED) is 0.691. The Balaban J connectivity index is 2.49. The Kier molecular flexibility index (Phi) is 2.14. The molecule has 0 aliphatic rings. The highest BCUT2D eigenvalue weighted by Gasteiger charge is 1.99. The second-order valence-electron chi connectivity index (χ2n) is 2.85. The molecule has 0 aliphatic heterocycles. The number of hydrogen-bond donors (Lipinski definition) is 0. The smallest absolute Gasteiger partial charge is 0.335 e. The summed E-state index contributed by atoms with van der Waals surface area (Å²) in [5.74, 6) is -0.311. The van der Waals surface area contributed by atoms with Gasteiger partial charge in [0, 0.05) is 11.6 Å². The molecule has 0 saturated heterocycles. The number of hydrogen-bond acceptors (Lipinski definition) is 2. The lowest BCUT2D eigenvalue weighted by Crippen LogP contribution is -1.93. The Labute approximate surface area is 79.6 Å². The summed E-state index contributed by atoms with van der Waals surface area (Å²) in [4.78, 5) is 10.7. The topological polar surface area (TPSA) is 30.2 Å². The molecular weight excluding hydrogens is 183 g/mol. The molecule has 0 amide bonds. The van der Waals surface area contributed by atoms with Gasteiger partial charge in [-0.25, -0.2) is 9.18 Å². The zero-order valence-electron chi connectivity index (χ0n) is 7.24. The van der Waals surface area contributed by atoms with E-state index in [1.54, 1.807) is 18.2 Å². The van der Waals surface area contributed by atoms with Gasteiger partial charge in [-0.05, 0) is 23.8 Å². The van der Waals surface area contributed by atoms with Gasteiger partial charge in [0.15, 0.2) is 0 Å². The van der Waals surface area contributed by atoms with Crippen molar-refractivity contribution in [3.63, 3.8) is 0 Å². The third kappa shape index (κ3) is 1.71. The summed E-state index contributed by atoms with van der Waals surface area (Å²) in [6, 6.07) is 9.01. The average Bonchev–Trinajstić information content (AvgIpc) is 2.19. The molecule has 0 fully saturated rings. The lowest BCUT2D eigenvalue weighted by atomic mass is 10.1. The van der Waals surface area contributed by atoms with Crippen LogP contribution in [0, 0.1) is 5.82 Å². The lowest BCUT2D eigenvalue weighted by molar-refractivity contribution is 0.512. The normalized spacial score (nSPS) is 10.1. The average molecular weight is 190 g/mol. The highest BCUT2D eigenvalue weighted by atomic mass is 19.1. The number of halogens is 1. The molecule has 2 nitrogen and oxygen atoms in total. The number of rotatable bonds is 1. The van der Waals surface area contributed by atoms with Crippen LogP contribution in [0.2, 0.25) is 0 Å². The van der Waals surface area contributed by atoms with Crippen LogP contribution in [-0.2, 0) is 0 Å². The van der Waals surface area contributed by atoms with Crippen LogP contribution in [0.4, 0.5) is 4.39 Å². The maximum atomic E-state index is 12.8. The third-order valence-electron chi connectivity index (χ3n) is 1.86. The lowest BCUT2D eigenvalue weighted by Gasteiger charge is -1.98. The minimum Gasteiger partial charge on any atom is -0.431 e. The number of benzene rings is 1. The Morgan fingerprint density at radius 2 is 1.93 bits per heavy atom. The van der Waals surface area contributed by atoms with Crippen LogP contribution in [-0.4, -0.2) is 0 Å². The summed E-state index contributed by atoms with van der Waals surface area (Å²) in [5.41, 5.74) is 0.961. The van der Waals surface area contributed by atoms with E-state index in [-0.39, 0.29) is 5.82 Å². The summed E-state index contributed by atoms with van der Waals surface area (Å²) >= 11 is 0. The fourth-order valence-electron chi connectivity index (χ4n) is 1.19. The predicted octanol–water partition coefficient (Wildman–Crippen LogP) is 2.45. The van der Waals surface area contributed by atoms with E-state index in [4.69, 9.17) is 0 Å². The largest absolute Gasteiger partial charge is 0.431 e. The van der Waals surface area contributed by atoms with Crippen LogP contribution in [0.5, 0.6) is 0 Å². The first-order chi connectivity index (χ1) is 6.75. The summed E-state index contributed by atoms with van der Waals surface area (Å²) in [6.07, 6.45) is 1.32. The van der Waals surface area contributed by atoms with Gasteiger partial charge in [0.05, 0.1) is 0 Å². The van der Waals surface area contributed by atoms with E-state index in [1.165, 1.54) is 24.5 Å². The van der Waals surface area contributed by atoms with Crippen molar-refractivity contribution in [2.75, 3.05) is 0 Å². The van der Waals surface area contributed by atoms with Crippen LogP contribution in [0.1, 0.15) is 0 Å². The Morgan fingerprint density at radius 1 is 1.07 bits per heavy atom. The van der Waals surface area contributed by atoms with Crippen LogP contribution < -0.4 is 5.63 Å². The van der Waals surface area contributed by atoms with Gasteiger partial charge in [0.25, 0.3) is 0 Å². The maximum absolute atomic E-state index is 12.8. The molecule has 3 heteroatoms. The van der Waals surface area contributed by atoms with E-state index in [9.17, 15) is 9.18 Å². The van der Waals surface area contributed by atoms with Crippen molar-refractivity contribution in [2.45, 2.75) is 0 Å². The van der Waals surface area contributed by atoms with E-state index >= 15 is 0 Å². The molecule has 0 N–H and O–H groups in total. The van der Waals surface area contributed by atoms with E-state index in [0.717, 1.165) is 0 Å². The van der Waals surface area contributed by atoms with Crippen LogP contribution in [0.15, 0.2) is 51.9 Å². The summed E-state index contributed by atoms with van der Waals surface area (Å²) in [6.45, 7) is 0. The molecule has 0 unspecified atom stereocenters. The SMILES string of the molecule is O=c1ccc(-c2cccc(F)c2)co1. The summed E-state index contributed by atoms with van der Waals surface area (Å²) in [7, 11) is 0. The summed E-state index contributed by atoms with van der Waals surface area (Å²) < 4.78 is 17.5. The zero-order valence-corrected chi connectivity index (χ0v) is 7.24. The molecule has 0 atom stereocenters. The molecule has 2 aromatic rings. The first-order valence-corrected chi connectivity index (χ1v) is 4.10. The van der Waals surface area contributed by atoms with Gasteiger partial charge in [-0.3, -0.25) is 0 Å². The molecule has 2 rings (SSSR count). The van der Waals surface area contributed by atoms with Crippen molar-refractivity contribution < 1.29 is 8.81 Å². The van der Waals surface area contributed by atoms with Crippen molar-refractivity contribution in [1.82, 2.24) is 0 Å². The van der Waals surface area contributed by atoms with Gasteiger partial charge >= 0.3 is 5.63 Å². The second kappa shape index (κ2) is 3.46. The second-order valence-corrected chi connectivity index (χ2v) is 2.85. The van der Waals surface area contributed by atoms with Crippen molar-refractivity contribution in [2.24, 2.45) is 0 Å². The third-order valence-corrected chi connectivity index (χ3v) is 1.86. The fraction of sp³-hybridized carbons (Fsp3) is 0. The van der Waals surface area contributed by atoms with Gasteiger partial charge in [-0.2, -0.15) is 0 Å². The molecule has 1 aromatic heterocycles. The van der Waals surface area contributed by atoms with Gasteiger partial charge in [0.1, 0.15) is 12.1 Å². The fourth-order valence-corrected chi connectivity index (χ4v) is 1.19. The van der Waals surface area contributed by atoms with E-state index in [2.05, 4.69) is 4.42 Å². The highest BCUT2D eigenvalue weighted by molar-refractivity contribution is 5.61. The van der Waals surface area contributed by atoms with Gasteiger partial charge in [-0.15, -0.1) is 0 Å². The molecular formula is C11H7FO2. The molecule has 1 aromatic carbocycles. The van der Waals surface area contributed by atoms with Crippen molar-refractivity contribution >= 4 is 0 Å². The molecule has 0 radical (unpaired) electrons. The zero-order chi connectivity index (χ0) is 9.97. The Hall–Kier alpha value is -1.90. The molecule has 0 spiro atoms. The van der Waals surface area contributed by atoms with Gasteiger partial charge in [0.2, 0.25) is 0 Å². The first kappa shape index (κ1) is 8.69. The minimum atomic E-state index is -0.412. The molecule has 0 saturated carbocycles. The van der Waals surface area contributed by atoms with Crippen LogP contribution in [0.25, 0.3) is 11.1 Å². The van der Waals surface area contributed by atoms with Crippen LogP contribution >= 0.6 is 0 Å². The van der Waals surface area contributed by atoms with Crippen molar-refractivity contribution in [3.8, 4) is 11.1 Å². The molecule has 1 heterocycles. The van der Waals surface area contributed by atoms with Gasteiger partial charge in [-0.1, -0.05) is 12.1 Å². The Morgan fingerprint density at radius 3 is 2.57 bits per heavy atom. The molecule has 14 heavy (non-hydrogen) atoms. The van der Waals surface area contributed by atoms with Crippen molar-refractivity contribution in [3.05, 3.63) is 58.9 Å². The Bertz CT molecular complexity index is 482. The van der Waals surface area contributed by atoms with E-state index in [1.807, 2.05) is 0 Å². The monoisotopic (exact) mass is 190 g/mol. The van der Waals surface area contributed by atoms with E-state index < -0.39 is 5.63 Å². The van der Waals surface area contributed by atoms with Crippen LogP contribution in [0.3, 0.4) is 0 Å². The highest BCUT2D eigenvalue weighted by Crippen LogP contribution is 2.18. The van der Waals surface area contributed by atoms with Gasteiger partial charge < -0.3 is 4.42 Å². The molecule has 70 valence electrons. The molecule has 0 bridgehead atoms. The predicted molar refractivity (Wildman–Crippen MR) is 50.4 cm³/mol. The molecule has 0 aliphatic carbocycles. The maximum Gasteiger partial charge on any atom is 0.335 e.